The predicted octanol–water partition coefficient (Wildman–Crippen LogP) is 2.62. The van der Waals surface area contributed by atoms with E-state index < -0.39 is 0 Å². The highest BCUT2D eigenvalue weighted by molar-refractivity contribution is 6.11. The molecule has 1 aromatic heterocycles. The molecule has 0 spiro atoms. The molecule has 1 saturated heterocycles. The average Bonchev–Trinajstić information content (AvgIpc) is 2.85. The number of rotatable bonds is 8. The minimum Gasteiger partial charge on any atom is -0.404 e. The van der Waals surface area contributed by atoms with Gasteiger partial charge in [0, 0.05) is 55.1 Å². The van der Waals surface area contributed by atoms with Crippen LogP contribution < -0.4 is 11.1 Å². The Morgan fingerprint density at radius 2 is 2.00 bits per heavy atom. The van der Waals surface area contributed by atoms with Gasteiger partial charge in [-0.05, 0) is 57.5 Å². The molecular weight excluding hydrogens is 414 g/mol. The van der Waals surface area contributed by atoms with Crippen LogP contribution in [0.2, 0.25) is 0 Å². The molecule has 1 aliphatic heterocycles. The van der Waals surface area contributed by atoms with Gasteiger partial charge in [-0.1, -0.05) is 6.07 Å². The molecule has 0 amide bonds. The summed E-state index contributed by atoms with van der Waals surface area (Å²) in [4.78, 5) is 18.4. The third-order valence-electron chi connectivity index (χ3n) is 6.80. The van der Waals surface area contributed by atoms with Gasteiger partial charge in [-0.2, -0.15) is 0 Å². The SMILES string of the molecule is CN(C)C1CCC(Nc2ncnc3ccc(C(C=NCCN4CCOCC4)=CN)cc23)CC1. The van der Waals surface area contributed by atoms with E-state index in [1.165, 1.54) is 12.8 Å². The standard InChI is InChI=1S/C25H37N7O/c1-31(2)22-6-4-21(5-7-22)30-25-23-15-19(3-8-24(23)28-18-29-25)20(16-26)17-27-9-10-32-11-13-33-14-12-32/h3,8,15-18,21-22H,4-7,9-14,26H2,1-2H3,(H,28,29,30). The maximum atomic E-state index is 5.97. The molecule has 3 N–H and O–H groups in total. The molecule has 8 nitrogen and oxygen atoms in total. The van der Waals surface area contributed by atoms with Crippen molar-refractivity contribution >= 4 is 28.5 Å². The molecule has 2 aromatic rings. The van der Waals surface area contributed by atoms with Crippen LogP contribution in [0.4, 0.5) is 5.82 Å². The summed E-state index contributed by atoms with van der Waals surface area (Å²) in [6, 6.07) is 7.32. The van der Waals surface area contributed by atoms with E-state index in [1.807, 2.05) is 18.3 Å². The Labute approximate surface area is 196 Å². The average molecular weight is 452 g/mol. The smallest absolute Gasteiger partial charge is 0.137 e. The summed E-state index contributed by atoms with van der Waals surface area (Å²) in [6.07, 6.45) is 9.86. The van der Waals surface area contributed by atoms with Crippen molar-refractivity contribution in [1.29, 1.82) is 0 Å². The number of benzene rings is 1. The molecule has 0 radical (unpaired) electrons. The number of nitrogens with zero attached hydrogens (tertiary/aromatic N) is 5. The lowest BCUT2D eigenvalue weighted by Crippen LogP contribution is -2.37. The normalized spacial score (nSPS) is 22.9. The van der Waals surface area contributed by atoms with E-state index >= 15 is 0 Å². The van der Waals surface area contributed by atoms with Crippen molar-refractivity contribution in [2.45, 2.75) is 37.8 Å². The van der Waals surface area contributed by atoms with Crippen molar-refractivity contribution in [3.05, 3.63) is 36.3 Å². The van der Waals surface area contributed by atoms with E-state index in [0.717, 1.165) is 80.1 Å². The topological polar surface area (TPSA) is 91.9 Å². The van der Waals surface area contributed by atoms with Crippen LogP contribution in [0, 0.1) is 0 Å². The highest BCUT2D eigenvalue weighted by atomic mass is 16.5. The van der Waals surface area contributed by atoms with Crippen LogP contribution >= 0.6 is 0 Å². The Kier molecular flexibility index (Phi) is 8.25. The molecule has 1 aliphatic carbocycles. The number of aromatic nitrogens is 2. The van der Waals surface area contributed by atoms with Gasteiger partial charge in [0.15, 0.2) is 0 Å². The third-order valence-corrected chi connectivity index (χ3v) is 6.80. The highest BCUT2D eigenvalue weighted by Crippen LogP contribution is 2.28. The van der Waals surface area contributed by atoms with Crippen LogP contribution in [0.1, 0.15) is 31.2 Å². The number of hydrogen-bond donors (Lipinski definition) is 2. The molecule has 0 bridgehead atoms. The van der Waals surface area contributed by atoms with Crippen molar-refractivity contribution in [2.24, 2.45) is 10.7 Å². The monoisotopic (exact) mass is 451 g/mol. The molecule has 4 rings (SSSR count). The molecule has 0 atom stereocenters. The second kappa shape index (κ2) is 11.5. The van der Waals surface area contributed by atoms with Gasteiger partial charge in [-0.25, -0.2) is 9.97 Å². The first-order chi connectivity index (χ1) is 16.1. The van der Waals surface area contributed by atoms with Crippen LogP contribution in [-0.4, -0.2) is 91.6 Å². The predicted molar refractivity (Wildman–Crippen MR) is 136 cm³/mol. The summed E-state index contributed by atoms with van der Waals surface area (Å²) >= 11 is 0. The van der Waals surface area contributed by atoms with Crippen molar-refractivity contribution < 1.29 is 4.74 Å². The van der Waals surface area contributed by atoms with Gasteiger partial charge in [0.05, 0.1) is 25.3 Å². The molecule has 2 fully saturated rings. The van der Waals surface area contributed by atoms with E-state index in [-0.39, 0.29) is 0 Å². The van der Waals surface area contributed by atoms with Gasteiger partial charge in [0.1, 0.15) is 12.1 Å². The maximum Gasteiger partial charge on any atom is 0.137 e. The Balaban J connectivity index is 1.43. The van der Waals surface area contributed by atoms with Crippen LogP contribution in [0.5, 0.6) is 0 Å². The summed E-state index contributed by atoms with van der Waals surface area (Å²) in [5.41, 5.74) is 8.82. The molecule has 0 unspecified atom stereocenters. The number of ether oxygens (including phenoxy) is 1. The fourth-order valence-electron chi connectivity index (χ4n) is 4.68. The second-order valence-electron chi connectivity index (χ2n) is 9.18. The number of morpholine rings is 1. The van der Waals surface area contributed by atoms with E-state index in [2.05, 4.69) is 50.2 Å². The van der Waals surface area contributed by atoms with Gasteiger partial charge in [0.25, 0.3) is 0 Å². The molecule has 1 saturated carbocycles. The van der Waals surface area contributed by atoms with Crippen molar-refractivity contribution in [1.82, 2.24) is 19.8 Å². The molecule has 2 aliphatic rings. The van der Waals surface area contributed by atoms with Gasteiger partial charge in [-0.3, -0.25) is 9.89 Å². The number of anilines is 1. The zero-order valence-electron chi connectivity index (χ0n) is 19.9. The number of fused-ring (bicyclic) bond motifs is 1. The number of nitrogens with two attached hydrogens (primary N) is 1. The summed E-state index contributed by atoms with van der Waals surface area (Å²) in [7, 11) is 4.35. The Morgan fingerprint density at radius 3 is 2.73 bits per heavy atom. The van der Waals surface area contributed by atoms with E-state index in [1.54, 1.807) is 12.5 Å². The van der Waals surface area contributed by atoms with Crippen LogP contribution in [0.15, 0.2) is 35.7 Å². The van der Waals surface area contributed by atoms with Gasteiger partial charge in [0.2, 0.25) is 0 Å². The summed E-state index contributed by atoms with van der Waals surface area (Å²) in [5, 5.41) is 4.71. The van der Waals surface area contributed by atoms with Gasteiger partial charge in [-0.15, -0.1) is 0 Å². The number of hydrogen-bond acceptors (Lipinski definition) is 8. The molecule has 8 heteroatoms. The van der Waals surface area contributed by atoms with Gasteiger partial charge < -0.3 is 20.7 Å². The van der Waals surface area contributed by atoms with Gasteiger partial charge >= 0.3 is 0 Å². The van der Waals surface area contributed by atoms with E-state index in [9.17, 15) is 0 Å². The lowest BCUT2D eigenvalue weighted by Gasteiger charge is -2.33. The molecule has 33 heavy (non-hydrogen) atoms. The first-order valence-corrected chi connectivity index (χ1v) is 12.0. The Morgan fingerprint density at radius 1 is 1.21 bits per heavy atom. The lowest BCUT2D eigenvalue weighted by atomic mass is 9.90. The lowest BCUT2D eigenvalue weighted by molar-refractivity contribution is 0.0395. The first kappa shape index (κ1) is 23.6. The zero-order chi connectivity index (χ0) is 23.0. The molecule has 178 valence electrons. The highest BCUT2D eigenvalue weighted by Gasteiger charge is 2.23. The van der Waals surface area contributed by atoms with Crippen molar-refractivity contribution in [2.75, 3.05) is 58.8 Å². The molecular formula is C25H37N7O. The second-order valence-corrected chi connectivity index (χ2v) is 9.18. The van der Waals surface area contributed by atoms with Crippen LogP contribution in [0.3, 0.4) is 0 Å². The summed E-state index contributed by atoms with van der Waals surface area (Å²) in [5.74, 6) is 0.899. The maximum absolute atomic E-state index is 5.97. The number of aliphatic imine (C=N–C) groups is 1. The van der Waals surface area contributed by atoms with E-state index in [0.29, 0.717) is 12.1 Å². The number of allylic oxidation sites excluding steroid dienone is 1. The quantitative estimate of drug-likeness (QED) is 0.596. The molecule has 2 heterocycles. The van der Waals surface area contributed by atoms with E-state index in [4.69, 9.17) is 10.5 Å². The summed E-state index contributed by atoms with van der Waals surface area (Å²) < 4.78 is 5.40. The first-order valence-electron chi connectivity index (χ1n) is 12.0. The third kappa shape index (κ3) is 6.28. The molecule has 1 aromatic carbocycles. The minimum atomic E-state index is 0.439. The van der Waals surface area contributed by atoms with Crippen LogP contribution in [0.25, 0.3) is 16.5 Å². The van der Waals surface area contributed by atoms with Crippen LogP contribution in [-0.2, 0) is 4.74 Å². The fourth-order valence-corrected chi connectivity index (χ4v) is 4.68. The van der Waals surface area contributed by atoms with Crippen molar-refractivity contribution in [3.8, 4) is 0 Å². The fraction of sp³-hybridized carbons (Fsp3) is 0.560. The summed E-state index contributed by atoms with van der Waals surface area (Å²) in [6.45, 7) is 5.26. The Hall–Kier alpha value is -2.55. The zero-order valence-corrected chi connectivity index (χ0v) is 19.9. The Bertz CT molecular complexity index is 960. The number of nitrogens with one attached hydrogen (secondary N) is 1. The minimum absolute atomic E-state index is 0.439. The largest absolute Gasteiger partial charge is 0.404 e. The van der Waals surface area contributed by atoms with Crippen molar-refractivity contribution in [3.63, 3.8) is 0 Å².